The Morgan fingerprint density at radius 1 is 1.25 bits per heavy atom. The zero-order valence-corrected chi connectivity index (χ0v) is 11.1. The van der Waals surface area contributed by atoms with Gasteiger partial charge >= 0.3 is 101 Å². The predicted octanol–water partition coefficient (Wildman–Crippen LogP) is 0.254. The Kier molecular flexibility index (Phi) is 5.05. The van der Waals surface area contributed by atoms with Crippen LogP contribution in [0.5, 0.6) is 0 Å². The van der Waals surface area contributed by atoms with Crippen molar-refractivity contribution in [2.24, 2.45) is 0 Å². The summed E-state index contributed by atoms with van der Waals surface area (Å²) in [6, 6.07) is 9.78. The second-order valence-electron chi connectivity index (χ2n) is 3.32. The summed E-state index contributed by atoms with van der Waals surface area (Å²) >= 11 is -0.658. The minimum absolute atomic E-state index is 0.0855. The van der Waals surface area contributed by atoms with E-state index in [2.05, 4.69) is 0 Å². The number of nitrogens with zero attached hydrogens (tertiary/aromatic N) is 1. The van der Waals surface area contributed by atoms with Crippen molar-refractivity contribution in [3.8, 4) is 0 Å². The number of hydrogen-bond donors (Lipinski definition) is 1. The van der Waals surface area contributed by atoms with Crippen LogP contribution in [-0.4, -0.2) is 43.5 Å². The van der Waals surface area contributed by atoms with Crippen LogP contribution in [0.4, 0.5) is 0 Å². The van der Waals surface area contributed by atoms with Gasteiger partial charge in [0.05, 0.1) is 0 Å². The molecular weight excluding hydrogens is 267 g/mol. The molecule has 1 amide bonds. The topological polar surface area (TPSA) is 57.6 Å². The van der Waals surface area contributed by atoms with Crippen LogP contribution in [0.15, 0.2) is 30.3 Å². The average molecular weight is 280 g/mol. The summed E-state index contributed by atoms with van der Waals surface area (Å²) in [4.78, 5) is 21.9. The first kappa shape index (κ1) is 12.8. The van der Waals surface area contributed by atoms with E-state index in [0.29, 0.717) is 0 Å². The van der Waals surface area contributed by atoms with Crippen LogP contribution >= 0.6 is 0 Å². The van der Waals surface area contributed by atoms with Crippen molar-refractivity contribution in [2.45, 2.75) is 12.8 Å². The molecule has 0 unspecified atom stereocenters. The van der Waals surface area contributed by atoms with Crippen molar-refractivity contribution >= 4 is 31.9 Å². The van der Waals surface area contributed by atoms with Crippen LogP contribution in [0, 0.1) is 0 Å². The Labute approximate surface area is 101 Å². The van der Waals surface area contributed by atoms with Crippen molar-refractivity contribution < 1.29 is 14.7 Å². The maximum atomic E-state index is 11.5. The van der Waals surface area contributed by atoms with Gasteiger partial charge in [-0.1, -0.05) is 0 Å². The molecule has 0 aromatic heterocycles. The molecule has 0 aliphatic heterocycles. The molecule has 0 saturated heterocycles. The van der Waals surface area contributed by atoms with Gasteiger partial charge in [-0.05, 0) is 0 Å². The molecule has 1 N–H and O–H groups in total. The standard InChI is InChI=1S/C11H13GeNO3/c1-13(10(14)7-8-11(15)16)12-9-5-3-2-4-6-9/h2-6H,7-8H2,1H3,(H,15,16). The molecule has 0 aliphatic carbocycles. The second kappa shape index (κ2) is 6.32. The molecule has 1 aromatic rings. The Morgan fingerprint density at radius 3 is 2.44 bits per heavy atom. The molecule has 5 heteroatoms. The van der Waals surface area contributed by atoms with Gasteiger partial charge in [0, 0.05) is 0 Å². The average Bonchev–Trinajstić information content (AvgIpc) is 2.27. The van der Waals surface area contributed by atoms with Gasteiger partial charge in [-0.25, -0.2) is 0 Å². The van der Waals surface area contributed by atoms with E-state index in [1.807, 2.05) is 30.3 Å². The van der Waals surface area contributed by atoms with Crippen molar-refractivity contribution in [1.29, 1.82) is 0 Å². The van der Waals surface area contributed by atoms with Crippen LogP contribution in [-0.2, 0) is 9.59 Å². The summed E-state index contributed by atoms with van der Waals surface area (Å²) in [5, 5.41) is 8.47. The molecule has 0 aliphatic rings. The normalized spacial score (nSPS) is 9.81. The van der Waals surface area contributed by atoms with Gasteiger partial charge in [-0.3, -0.25) is 0 Å². The monoisotopic (exact) mass is 281 g/mol. The van der Waals surface area contributed by atoms with Crippen LogP contribution < -0.4 is 4.40 Å². The molecule has 0 heterocycles. The van der Waals surface area contributed by atoms with Crippen LogP contribution in [0.3, 0.4) is 0 Å². The first-order chi connectivity index (χ1) is 7.59. The summed E-state index contributed by atoms with van der Waals surface area (Å²) in [5.74, 6) is -1.02. The first-order valence-electron chi connectivity index (χ1n) is 4.89. The fourth-order valence-corrected chi connectivity index (χ4v) is 3.18. The van der Waals surface area contributed by atoms with Crippen molar-refractivity contribution in [3.05, 3.63) is 30.3 Å². The number of aliphatic carboxylic acids is 1. The van der Waals surface area contributed by atoms with E-state index in [0.717, 1.165) is 4.40 Å². The van der Waals surface area contributed by atoms with Crippen LogP contribution in [0.2, 0.25) is 0 Å². The summed E-state index contributed by atoms with van der Waals surface area (Å²) < 4.78 is 2.83. The first-order valence-corrected chi connectivity index (χ1v) is 6.88. The maximum absolute atomic E-state index is 11.5. The van der Waals surface area contributed by atoms with Crippen LogP contribution in [0.1, 0.15) is 12.8 Å². The van der Waals surface area contributed by atoms with E-state index in [9.17, 15) is 9.59 Å². The molecule has 84 valence electrons. The van der Waals surface area contributed by atoms with Crippen molar-refractivity contribution in [1.82, 2.24) is 3.86 Å². The van der Waals surface area contributed by atoms with Gasteiger partial charge in [0.25, 0.3) is 0 Å². The van der Waals surface area contributed by atoms with Gasteiger partial charge in [0.2, 0.25) is 0 Å². The molecule has 0 atom stereocenters. The molecule has 0 saturated carbocycles. The Morgan fingerprint density at radius 2 is 1.88 bits per heavy atom. The summed E-state index contributed by atoms with van der Waals surface area (Å²) in [6.07, 6.45) is -0.00765. The third-order valence-corrected chi connectivity index (χ3v) is 4.47. The van der Waals surface area contributed by atoms with Gasteiger partial charge < -0.3 is 0 Å². The fourth-order valence-electron chi connectivity index (χ4n) is 1.15. The van der Waals surface area contributed by atoms with Gasteiger partial charge in [-0.15, -0.1) is 0 Å². The van der Waals surface area contributed by atoms with E-state index < -0.39 is 21.6 Å². The molecule has 0 fully saturated rings. The quantitative estimate of drug-likeness (QED) is 0.787. The number of carbonyl (C=O) groups is 2. The van der Waals surface area contributed by atoms with E-state index in [1.165, 1.54) is 0 Å². The molecule has 0 bridgehead atoms. The van der Waals surface area contributed by atoms with Crippen LogP contribution in [0.25, 0.3) is 0 Å². The second-order valence-corrected chi connectivity index (χ2v) is 6.41. The van der Waals surface area contributed by atoms with E-state index >= 15 is 0 Å². The molecule has 16 heavy (non-hydrogen) atoms. The number of carboxylic acids is 1. The molecule has 4 nitrogen and oxygen atoms in total. The molecule has 2 radical (unpaired) electrons. The summed E-state index contributed by atoms with van der Waals surface area (Å²) in [5.41, 5.74) is 0. The van der Waals surface area contributed by atoms with E-state index in [4.69, 9.17) is 5.11 Å². The van der Waals surface area contributed by atoms with Gasteiger partial charge in [0.15, 0.2) is 0 Å². The molecule has 1 rings (SSSR count). The summed E-state index contributed by atoms with van der Waals surface area (Å²) in [6.45, 7) is 0. The SMILES string of the molecule is C[N]([Ge][c]1ccccc1)C(=O)CCC(=O)O. The summed E-state index contributed by atoms with van der Waals surface area (Å²) in [7, 11) is 1.73. The van der Waals surface area contributed by atoms with Crippen molar-refractivity contribution in [2.75, 3.05) is 7.05 Å². The minimum atomic E-state index is -0.929. The molecule has 1 aromatic carbocycles. The van der Waals surface area contributed by atoms with Crippen molar-refractivity contribution in [3.63, 3.8) is 0 Å². The van der Waals surface area contributed by atoms with Gasteiger partial charge in [0.1, 0.15) is 0 Å². The Balaban J connectivity index is 2.43. The van der Waals surface area contributed by atoms with E-state index in [1.54, 1.807) is 10.9 Å². The zero-order chi connectivity index (χ0) is 12.0. The Hall–Kier alpha value is -1.30. The molecule has 0 spiro atoms. The number of carboxylic acid groups (broad SMARTS) is 1. The third kappa shape index (κ3) is 4.48. The Bertz CT molecular complexity index is 367. The number of rotatable bonds is 5. The van der Waals surface area contributed by atoms with Gasteiger partial charge in [-0.2, -0.15) is 0 Å². The predicted molar refractivity (Wildman–Crippen MR) is 61.5 cm³/mol. The number of benzene rings is 1. The zero-order valence-electron chi connectivity index (χ0n) is 9.01. The fraction of sp³-hybridized carbons (Fsp3) is 0.273. The third-order valence-electron chi connectivity index (χ3n) is 2.00. The molecular formula is C11H13GeNO3. The van der Waals surface area contributed by atoms with E-state index in [-0.39, 0.29) is 18.7 Å². The number of hydrogen-bond acceptors (Lipinski definition) is 2. The number of carbonyl (C=O) groups excluding carboxylic acids is 1. The number of amides is 1.